The number of anilines is 1. The van der Waals surface area contributed by atoms with Crippen LogP contribution in [0, 0.1) is 13.8 Å². The number of nitrogens with zero attached hydrogens (tertiary/aromatic N) is 1. The number of para-hydroxylation sites is 1. The van der Waals surface area contributed by atoms with Crippen molar-refractivity contribution in [3.63, 3.8) is 0 Å². The van der Waals surface area contributed by atoms with Gasteiger partial charge in [0.15, 0.2) is 5.76 Å². The smallest absolute Gasteiger partial charge is 0.328 e. The molecule has 0 saturated carbocycles. The molecule has 0 fully saturated rings. The maximum Gasteiger partial charge on any atom is 0.328 e. The molecule has 0 spiro atoms. The van der Waals surface area contributed by atoms with Crippen molar-refractivity contribution in [2.75, 3.05) is 12.0 Å². The average Bonchev–Trinajstić information content (AvgIpc) is 3.03. The van der Waals surface area contributed by atoms with Crippen molar-refractivity contribution in [2.45, 2.75) is 26.8 Å². The lowest BCUT2D eigenvalue weighted by Gasteiger charge is -2.29. The summed E-state index contributed by atoms with van der Waals surface area (Å²) in [6.45, 7) is 5.43. The summed E-state index contributed by atoms with van der Waals surface area (Å²) >= 11 is 0. The minimum atomic E-state index is -0.762. The summed E-state index contributed by atoms with van der Waals surface area (Å²) in [5.41, 5.74) is 2.49. The third-order valence-corrected chi connectivity index (χ3v) is 3.56. The van der Waals surface area contributed by atoms with Crippen molar-refractivity contribution < 1.29 is 18.7 Å². The summed E-state index contributed by atoms with van der Waals surface area (Å²) in [5, 5.41) is 0. The summed E-state index contributed by atoms with van der Waals surface area (Å²) < 4.78 is 10.00. The fourth-order valence-electron chi connectivity index (χ4n) is 2.45. The fourth-order valence-corrected chi connectivity index (χ4v) is 2.45. The van der Waals surface area contributed by atoms with E-state index < -0.39 is 12.0 Å². The third-order valence-electron chi connectivity index (χ3n) is 3.56. The van der Waals surface area contributed by atoms with Crippen LogP contribution in [0.1, 0.15) is 28.6 Å². The minimum Gasteiger partial charge on any atom is -0.467 e. The van der Waals surface area contributed by atoms with Crippen molar-refractivity contribution in [1.29, 1.82) is 0 Å². The molecule has 5 nitrogen and oxygen atoms in total. The van der Waals surface area contributed by atoms with E-state index in [2.05, 4.69) is 0 Å². The maximum atomic E-state index is 12.8. The van der Waals surface area contributed by atoms with Crippen LogP contribution in [0.25, 0.3) is 0 Å². The largest absolute Gasteiger partial charge is 0.467 e. The molecule has 1 aromatic heterocycles. The van der Waals surface area contributed by atoms with Crippen LogP contribution in [-0.4, -0.2) is 25.0 Å². The second-order valence-electron chi connectivity index (χ2n) is 5.09. The van der Waals surface area contributed by atoms with Gasteiger partial charge in [0, 0.05) is 0 Å². The van der Waals surface area contributed by atoms with Gasteiger partial charge in [-0.1, -0.05) is 18.2 Å². The topological polar surface area (TPSA) is 59.8 Å². The predicted octanol–water partition coefficient (Wildman–Crippen LogP) is 3.10. The third kappa shape index (κ3) is 2.88. The SMILES string of the molecule is COC(=O)[C@@H](C)N(C(=O)c1ccco1)c1c(C)cccc1C. The summed E-state index contributed by atoms with van der Waals surface area (Å²) in [4.78, 5) is 26.2. The molecule has 0 N–H and O–H groups in total. The van der Waals surface area contributed by atoms with E-state index in [1.807, 2.05) is 32.0 Å². The molecule has 1 aromatic carbocycles. The first-order valence-corrected chi connectivity index (χ1v) is 6.98. The van der Waals surface area contributed by atoms with Gasteiger partial charge in [0.25, 0.3) is 5.91 Å². The van der Waals surface area contributed by atoms with E-state index in [0.717, 1.165) is 11.1 Å². The number of carbonyl (C=O) groups excluding carboxylic acids is 2. The summed E-state index contributed by atoms with van der Waals surface area (Å²) in [7, 11) is 1.30. The van der Waals surface area contributed by atoms with E-state index in [0.29, 0.717) is 5.69 Å². The van der Waals surface area contributed by atoms with Crippen molar-refractivity contribution in [3.8, 4) is 0 Å². The standard InChI is InChI=1S/C17H19NO4/c1-11-7-5-8-12(2)15(11)18(13(3)17(20)21-4)16(19)14-9-6-10-22-14/h5-10,13H,1-4H3/t13-/m1/s1. The molecule has 5 heteroatoms. The van der Waals surface area contributed by atoms with Crippen LogP contribution < -0.4 is 4.90 Å². The number of hydrogen-bond acceptors (Lipinski definition) is 4. The summed E-state index contributed by atoms with van der Waals surface area (Å²) in [5.74, 6) is -0.679. The Labute approximate surface area is 129 Å². The molecule has 1 heterocycles. The highest BCUT2D eigenvalue weighted by Crippen LogP contribution is 2.28. The molecule has 1 atom stereocenters. The molecular formula is C17H19NO4. The molecule has 2 aromatic rings. The van der Waals surface area contributed by atoms with Crippen molar-refractivity contribution in [2.24, 2.45) is 0 Å². The average molecular weight is 301 g/mol. The number of hydrogen-bond donors (Lipinski definition) is 0. The van der Waals surface area contributed by atoms with Crippen LogP contribution in [0.4, 0.5) is 5.69 Å². The molecule has 0 saturated heterocycles. The molecule has 1 amide bonds. The molecule has 0 radical (unpaired) electrons. The van der Waals surface area contributed by atoms with Crippen LogP contribution in [-0.2, 0) is 9.53 Å². The first kappa shape index (κ1) is 15.8. The quantitative estimate of drug-likeness (QED) is 0.814. The Balaban J connectivity index is 2.55. The van der Waals surface area contributed by atoms with Gasteiger partial charge in [0.2, 0.25) is 0 Å². The van der Waals surface area contributed by atoms with Crippen LogP contribution in [0.2, 0.25) is 0 Å². The van der Waals surface area contributed by atoms with Gasteiger partial charge < -0.3 is 9.15 Å². The zero-order valence-electron chi connectivity index (χ0n) is 13.1. The lowest BCUT2D eigenvalue weighted by molar-refractivity contribution is -0.141. The van der Waals surface area contributed by atoms with Gasteiger partial charge >= 0.3 is 5.97 Å². The van der Waals surface area contributed by atoms with Gasteiger partial charge in [0.05, 0.1) is 19.1 Å². The van der Waals surface area contributed by atoms with E-state index in [4.69, 9.17) is 9.15 Å². The summed E-state index contributed by atoms with van der Waals surface area (Å²) in [6, 6.07) is 8.16. The number of rotatable bonds is 4. The number of methoxy groups -OCH3 is 1. The molecule has 116 valence electrons. The van der Waals surface area contributed by atoms with Crippen LogP contribution in [0.5, 0.6) is 0 Å². The van der Waals surface area contributed by atoms with E-state index in [1.165, 1.54) is 18.3 Å². The molecule has 2 rings (SSSR count). The number of amides is 1. The molecule has 0 aliphatic heterocycles. The maximum absolute atomic E-state index is 12.8. The Morgan fingerprint density at radius 2 is 1.77 bits per heavy atom. The highest BCUT2D eigenvalue weighted by molar-refractivity contribution is 6.08. The number of furan rings is 1. The molecule has 22 heavy (non-hydrogen) atoms. The minimum absolute atomic E-state index is 0.179. The second-order valence-corrected chi connectivity index (χ2v) is 5.09. The van der Waals surface area contributed by atoms with Crippen LogP contribution in [0.3, 0.4) is 0 Å². The Kier molecular flexibility index (Phi) is 4.65. The molecule has 0 unspecified atom stereocenters. The molecular weight excluding hydrogens is 282 g/mol. The van der Waals surface area contributed by atoms with E-state index in [1.54, 1.807) is 19.1 Å². The first-order valence-electron chi connectivity index (χ1n) is 6.98. The highest BCUT2D eigenvalue weighted by Gasteiger charge is 2.32. The fraction of sp³-hybridized carbons (Fsp3) is 0.294. The highest BCUT2D eigenvalue weighted by atomic mass is 16.5. The number of aryl methyl sites for hydroxylation is 2. The normalized spacial score (nSPS) is 11.8. The van der Waals surface area contributed by atoms with Crippen LogP contribution >= 0.6 is 0 Å². The Hall–Kier alpha value is -2.56. The lowest BCUT2D eigenvalue weighted by Crippen LogP contribution is -2.44. The zero-order chi connectivity index (χ0) is 16.3. The first-order chi connectivity index (χ1) is 10.5. The molecule has 0 aliphatic rings. The van der Waals surface area contributed by atoms with Gasteiger partial charge in [-0.05, 0) is 44.0 Å². The van der Waals surface area contributed by atoms with Crippen molar-refractivity contribution >= 4 is 17.6 Å². The molecule has 0 bridgehead atoms. The lowest BCUT2D eigenvalue weighted by atomic mass is 10.1. The Morgan fingerprint density at radius 1 is 1.14 bits per heavy atom. The predicted molar refractivity (Wildman–Crippen MR) is 82.9 cm³/mol. The zero-order valence-corrected chi connectivity index (χ0v) is 13.1. The van der Waals surface area contributed by atoms with Gasteiger partial charge in [-0.15, -0.1) is 0 Å². The van der Waals surface area contributed by atoms with Crippen molar-refractivity contribution in [3.05, 3.63) is 53.5 Å². The van der Waals surface area contributed by atoms with Gasteiger partial charge in [-0.3, -0.25) is 9.69 Å². The Morgan fingerprint density at radius 3 is 2.27 bits per heavy atom. The number of benzene rings is 1. The van der Waals surface area contributed by atoms with Crippen LogP contribution in [0.15, 0.2) is 41.0 Å². The van der Waals surface area contributed by atoms with E-state index in [-0.39, 0.29) is 11.7 Å². The summed E-state index contributed by atoms with van der Waals surface area (Å²) in [6.07, 6.45) is 1.43. The number of ether oxygens (including phenoxy) is 1. The van der Waals surface area contributed by atoms with E-state index >= 15 is 0 Å². The number of carbonyl (C=O) groups is 2. The molecule has 0 aliphatic carbocycles. The van der Waals surface area contributed by atoms with Gasteiger partial charge in [-0.2, -0.15) is 0 Å². The van der Waals surface area contributed by atoms with Crippen molar-refractivity contribution in [1.82, 2.24) is 0 Å². The Bertz CT molecular complexity index is 656. The van der Waals surface area contributed by atoms with Gasteiger partial charge in [0.1, 0.15) is 6.04 Å². The van der Waals surface area contributed by atoms with E-state index in [9.17, 15) is 9.59 Å². The van der Waals surface area contributed by atoms with Gasteiger partial charge in [-0.25, -0.2) is 4.79 Å². The number of esters is 1. The monoisotopic (exact) mass is 301 g/mol. The second kappa shape index (κ2) is 6.47.